The first-order chi connectivity index (χ1) is 14.7. The Balaban J connectivity index is 1.63. The van der Waals surface area contributed by atoms with Crippen molar-refractivity contribution in [3.05, 3.63) is 24.3 Å². The zero-order chi connectivity index (χ0) is 22.6. The molecule has 0 unspecified atom stereocenters. The Labute approximate surface area is 185 Å². The van der Waals surface area contributed by atoms with Gasteiger partial charge < -0.3 is 4.90 Å². The Morgan fingerprint density at radius 3 is 1.61 bits per heavy atom. The molecule has 2 fully saturated rings. The summed E-state index contributed by atoms with van der Waals surface area (Å²) in [7, 11) is -7.29. The second-order valence-corrected chi connectivity index (χ2v) is 11.7. The molecule has 0 spiro atoms. The summed E-state index contributed by atoms with van der Waals surface area (Å²) in [5.41, 5.74) is 0. The topological polar surface area (TPSA) is 98.3 Å². The lowest BCUT2D eigenvalue weighted by Crippen LogP contribution is -2.51. The zero-order valence-corrected chi connectivity index (χ0v) is 19.9. The molecule has 31 heavy (non-hydrogen) atoms. The Morgan fingerprint density at radius 1 is 0.774 bits per heavy atom. The summed E-state index contributed by atoms with van der Waals surface area (Å²) < 4.78 is 54.1. The van der Waals surface area contributed by atoms with E-state index in [-0.39, 0.29) is 15.7 Å². The lowest BCUT2D eigenvalue weighted by atomic mass is 10.3. The number of likely N-dealkylation sites (N-methyl/N-ethyl adjacent to an activating group) is 1. The van der Waals surface area contributed by atoms with Gasteiger partial charge in [0, 0.05) is 52.4 Å². The highest BCUT2D eigenvalue weighted by atomic mass is 32.2. The van der Waals surface area contributed by atoms with E-state index in [1.807, 2.05) is 18.7 Å². The van der Waals surface area contributed by atoms with Crippen LogP contribution in [0, 0.1) is 0 Å². The van der Waals surface area contributed by atoms with E-state index in [9.17, 15) is 21.6 Å². The molecule has 0 atom stereocenters. The monoisotopic (exact) mass is 472 g/mol. The van der Waals surface area contributed by atoms with Gasteiger partial charge in [-0.3, -0.25) is 9.69 Å². The first-order valence-electron chi connectivity index (χ1n) is 10.8. The van der Waals surface area contributed by atoms with E-state index in [1.54, 1.807) is 4.90 Å². The SMILES string of the molecule is CCN(CC)C(=O)CN1CCN(S(=O)(=O)c2ccc(S(=O)(=O)N3CCCC3)cc2)CC1. The second-order valence-electron chi connectivity index (χ2n) is 7.83. The molecule has 2 saturated heterocycles. The molecule has 0 bridgehead atoms. The molecule has 174 valence electrons. The molecule has 1 aromatic carbocycles. The van der Waals surface area contributed by atoms with E-state index in [1.165, 1.54) is 32.9 Å². The summed E-state index contributed by atoms with van der Waals surface area (Å²) in [4.78, 5) is 16.2. The van der Waals surface area contributed by atoms with Crippen molar-refractivity contribution in [2.24, 2.45) is 0 Å². The maximum atomic E-state index is 13.0. The second kappa shape index (κ2) is 9.95. The molecular weight excluding hydrogens is 440 g/mol. The summed E-state index contributed by atoms with van der Waals surface area (Å²) >= 11 is 0. The minimum absolute atomic E-state index is 0.0520. The fraction of sp³-hybridized carbons (Fsp3) is 0.650. The number of benzene rings is 1. The summed E-state index contributed by atoms with van der Waals surface area (Å²) in [5, 5.41) is 0. The Bertz CT molecular complexity index is 961. The number of piperazine rings is 1. The van der Waals surface area contributed by atoms with Crippen LogP contribution in [0.4, 0.5) is 0 Å². The van der Waals surface area contributed by atoms with E-state index in [0.717, 1.165) is 12.8 Å². The van der Waals surface area contributed by atoms with Gasteiger partial charge in [-0.1, -0.05) is 0 Å². The zero-order valence-electron chi connectivity index (χ0n) is 18.2. The summed E-state index contributed by atoms with van der Waals surface area (Å²) in [6.07, 6.45) is 1.69. The third kappa shape index (κ3) is 5.28. The van der Waals surface area contributed by atoms with Crippen LogP contribution in [0.2, 0.25) is 0 Å². The molecule has 2 aliphatic rings. The highest BCUT2D eigenvalue weighted by molar-refractivity contribution is 7.89. The normalized spacial score (nSPS) is 19.5. The van der Waals surface area contributed by atoms with Crippen LogP contribution in [0.1, 0.15) is 26.7 Å². The molecule has 11 heteroatoms. The van der Waals surface area contributed by atoms with Gasteiger partial charge in [-0.15, -0.1) is 0 Å². The molecule has 1 aromatic rings. The molecule has 0 saturated carbocycles. The molecule has 9 nitrogen and oxygen atoms in total. The van der Waals surface area contributed by atoms with Crippen molar-refractivity contribution in [1.82, 2.24) is 18.4 Å². The van der Waals surface area contributed by atoms with Gasteiger partial charge in [0.15, 0.2) is 0 Å². The number of nitrogens with zero attached hydrogens (tertiary/aromatic N) is 4. The molecule has 1 amide bonds. The predicted octanol–water partition coefficient (Wildman–Crippen LogP) is 0.646. The number of carbonyl (C=O) groups excluding carboxylic acids is 1. The van der Waals surface area contributed by atoms with Crippen LogP contribution in [0.3, 0.4) is 0 Å². The van der Waals surface area contributed by atoms with Crippen molar-refractivity contribution in [3.8, 4) is 0 Å². The van der Waals surface area contributed by atoms with Crippen molar-refractivity contribution in [1.29, 1.82) is 0 Å². The van der Waals surface area contributed by atoms with Crippen LogP contribution in [0.15, 0.2) is 34.1 Å². The molecule has 0 aromatic heterocycles. The Hall–Kier alpha value is -1.53. The van der Waals surface area contributed by atoms with Crippen molar-refractivity contribution in [2.75, 3.05) is 58.9 Å². The third-order valence-corrected chi connectivity index (χ3v) is 9.80. The van der Waals surface area contributed by atoms with Crippen molar-refractivity contribution >= 4 is 26.0 Å². The number of sulfonamides is 2. The van der Waals surface area contributed by atoms with Crippen LogP contribution in [-0.4, -0.2) is 100 Å². The Morgan fingerprint density at radius 2 is 1.19 bits per heavy atom. The van der Waals surface area contributed by atoms with Crippen LogP contribution in [0.25, 0.3) is 0 Å². The van der Waals surface area contributed by atoms with Crippen molar-refractivity contribution in [2.45, 2.75) is 36.5 Å². The maximum Gasteiger partial charge on any atom is 0.243 e. The number of hydrogen-bond acceptors (Lipinski definition) is 6. The van der Waals surface area contributed by atoms with Crippen molar-refractivity contribution in [3.63, 3.8) is 0 Å². The fourth-order valence-electron chi connectivity index (χ4n) is 4.01. The largest absolute Gasteiger partial charge is 0.342 e. The Kier molecular flexibility index (Phi) is 7.74. The lowest BCUT2D eigenvalue weighted by molar-refractivity contribution is -0.132. The highest BCUT2D eigenvalue weighted by Gasteiger charge is 2.31. The number of rotatable bonds is 8. The molecule has 0 aliphatic carbocycles. The van der Waals surface area contributed by atoms with E-state index in [2.05, 4.69) is 0 Å². The van der Waals surface area contributed by atoms with Gasteiger partial charge >= 0.3 is 0 Å². The van der Waals surface area contributed by atoms with E-state index in [0.29, 0.717) is 58.9 Å². The summed E-state index contributed by atoms with van der Waals surface area (Å²) in [5.74, 6) is 0.0520. The highest BCUT2D eigenvalue weighted by Crippen LogP contribution is 2.24. The fourth-order valence-corrected chi connectivity index (χ4v) is 6.95. The molecule has 2 aliphatic heterocycles. The van der Waals surface area contributed by atoms with Gasteiger partial charge in [-0.05, 0) is 51.0 Å². The molecule has 0 radical (unpaired) electrons. The van der Waals surface area contributed by atoms with E-state index in [4.69, 9.17) is 0 Å². The van der Waals surface area contributed by atoms with Gasteiger partial charge in [-0.25, -0.2) is 16.8 Å². The number of hydrogen-bond donors (Lipinski definition) is 0. The minimum atomic E-state index is -3.72. The van der Waals surface area contributed by atoms with Crippen molar-refractivity contribution < 1.29 is 21.6 Å². The van der Waals surface area contributed by atoms with Crippen LogP contribution in [0.5, 0.6) is 0 Å². The van der Waals surface area contributed by atoms with Crippen LogP contribution < -0.4 is 0 Å². The number of carbonyl (C=O) groups is 1. The van der Waals surface area contributed by atoms with Gasteiger partial charge in [0.25, 0.3) is 0 Å². The molecule has 0 N–H and O–H groups in total. The average Bonchev–Trinajstić information content (AvgIpc) is 3.31. The van der Waals surface area contributed by atoms with Gasteiger partial charge in [-0.2, -0.15) is 8.61 Å². The maximum absolute atomic E-state index is 13.0. The quantitative estimate of drug-likeness (QED) is 0.551. The number of amides is 1. The molecule has 3 rings (SSSR count). The predicted molar refractivity (Wildman–Crippen MR) is 118 cm³/mol. The minimum Gasteiger partial charge on any atom is -0.342 e. The van der Waals surface area contributed by atoms with Gasteiger partial charge in [0.1, 0.15) is 0 Å². The smallest absolute Gasteiger partial charge is 0.243 e. The van der Waals surface area contributed by atoms with E-state index >= 15 is 0 Å². The van der Waals surface area contributed by atoms with Crippen LogP contribution in [-0.2, 0) is 24.8 Å². The first-order valence-corrected chi connectivity index (χ1v) is 13.7. The van der Waals surface area contributed by atoms with E-state index < -0.39 is 20.0 Å². The summed E-state index contributed by atoms with van der Waals surface area (Å²) in [6.45, 7) is 8.04. The molecule has 2 heterocycles. The van der Waals surface area contributed by atoms with Crippen LogP contribution >= 0.6 is 0 Å². The van der Waals surface area contributed by atoms with Gasteiger partial charge in [0.05, 0.1) is 16.3 Å². The first kappa shape index (κ1) is 24.1. The lowest BCUT2D eigenvalue weighted by Gasteiger charge is -2.34. The standard InChI is InChI=1S/C20H32N4O5S2/c1-3-22(4-2)20(25)17-21-13-15-24(16-14-21)31(28,29)19-9-7-18(8-10-19)30(26,27)23-11-5-6-12-23/h7-10H,3-6,11-17H2,1-2H3. The average molecular weight is 473 g/mol. The third-order valence-electron chi connectivity index (χ3n) is 5.97. The summed E-state index contributed by atoms with van der Waals surface area (Å²) in [6, 6.07) is 5.49. The molecular formula is C20H32N4O5S2. The van der Waals surface area contributed by atoms with Gasteiger partial charge in [0.2, 0.25) is 26.0 Å².